The summed E-state index contributed by atoms with van der Waals surface area (Å²) in [4.78, 5) is 11.1. The van der Waals surface area contributed by atoms with Crippen LogP contribution in [0.1, 0.15) is 26.7 Å². The number of carbonyl (C=O) groups is 1. The standard InChI is InChI=1S/C9H17NO4S/c1-9(2)5-4-6-10(15(3,13)14)7(9)8(11)12/h7H,4-6H2,1-3H3,(H,11,12). The van der Waals surface area contributed by atoms with Crippen molar-refractivity contribution in [1.82, 2.24) is 4.31 Å². The molecule has 1 fully saturated rings. The number of hydrogen-bond acceptors (Lipinski definition) is 3. The fourth-order valence-electron chi connectivity index (χ4n) is 2.16. The number of nitrogens with zero attached hydrogens (tertiary/aromatic N) is 1. The first-order chi connectivity index (χ1) is 6.66. The third-order valence-electron chi connectivity index (χ3n) is 2.89. The average Bonchev–Trinajstić information content (AvgIpc) is 1.99. The highest BCUT2D eigenvalue weighted by atomic mass is 32.2. The molecule has 0 spiro atoms. The molecule has 0 aromatic heterocycles. The molecule has 5 nitrogen and oxygen atoms in total. The van der Waals surface area contributed by atoms with Crippen LogP contribution in [0, 0.1) is 5.41 Å². The Bertz CT molecular complexity index is 360. The molecule has 1 aliphatic heterocycles. The fourth-order valence-corrected chi connectivity index (χ4v) is 3.38. The molecule has 1 N–H and O–H groups in total. The van der Waals surface area contributed by atoms with Crippen LogP contribution in [0.3, 0.4) is 0 Å². The van der Waals surface area contributed by atoms with Gasteiger partial charge in [-0.1, -0.05) is 13.8 Å². The van der Waals surface area contributed by atoms with E-state index in [0.717, 1.165) is 17.0 Å². The van der Waals surface area contributed by atoms with Gasteiger partial charge in [0.2, 0.25) is 10.0 Å². The van der Waals surface area contributed by atoms with Gasteiger partial charge in [-0.2, -0.15) is 4.31 Å². The molecule has 0 aromatic rings. The first kappa shape index (κ1) is 12.4. The molecule has 1 atom stereocenters. The second kappa shape index (κ2) is 3.75. The second-order valence-electron chi connectivity index (χ2n) is 4.71. The predicted octanol–water partition coefficient (Wildman–Crippen LogP) is 0.521. The summed E-state index contributed by atoms with van der Waals surface area (Å²) in [6, 6.07) is -0.943. The van der Waals surface area contributed by atoms with Gasteiger partial charge in [-0.15, -0.1) is 0 Å². The van der Waals surface area contributed by atoms with E-state index in [2.05, 4.69) is 0 Å². The number of aliphatic carboxylic acids is 1. The molecule has 1 rings (SSSR count). The van der Waals surface area contributed by atoms with E-state index in [0.29, 0.717) is 13.0 Å². The van der Waals surface area contributed by atoms with Crippen LogP contribution in [0.25, 0.3) is 0 Å². The Kier molecular flexibility index (Phi) is 3.11. The van der Waals surface area contributed by atoms with Gasteiger partial charge in [0.05, 0.1) is 6.26 Å². The van der Waals surface area contributed by atoms with Crippen LogP contribution in [0.5, 0.6) is 0 Å². The van der Waals surface area contributed by atoms with Crippen molar-refractivity contribution >= 4 is 16.0 Å². The van der Waals surface area contributed by atoms with E-state index in [4.69, 9.17) is 5.11 Å². The largest absolute Gasteiger partial charge is 0.480 e. The zero-order valence-corrected chi connectivity index (χ0v) is 10.0. The first-order valence-electron chi connectivity index (χ1n) is 4.86. The second-order valence-corrected chi connectivity index (χ2v) is 6.64. The van der Waals surface area contributed by atoms with Crippen LogP contribution < -0.4 is 0 Å². The van der Waals surface area contributed by atoms with E-state index in [1.165, 1.54) is 0 Å². The number of sulfonamides is 1. The third kappa shape index (κ3) is 2.49. The summed E-state index contributed by atoms with van der Waals surface area (Å²) in [6.07, 6.45) is 2.50. The molecule has 0 aliphatic carbocycles. The Hall–Kier alpha value is -0.620. The van der Waals surface area contributed by atoms with Gasteiger partial charge in [-0.3, -0.25) is 4.79 Å². The molecule has 6 heteroatoms. The zero-order chi connectivity index (χ0) is 11.9. The van der Waals surface area contributed by atoms with Crippen LogP contribution in [-0.4, -0.2) is 42.6 Å². The number of carboxylic acids is 1. The highest BCUT2D eigenvalue weighted by molar-refractivity contribution is 7.88. The topological polar surface area (TPSA) is 74.7 Å². The van der Waals surface area contributed by atoms with Crippen LogP contribution in [0.15, 0.2) is 0 Å². The Balaban J connectivity index is 3.12. The summed E-state index contributed by atoms with van der Waals surface area (Å²) in [5, 5.41) is 9.10. The third-order valence-corrected chi connectivity index (χ3v) is 4.13. The monoisotopic (exact) mass is 235 g/mol. The molecule has 0 amide bonds. The maximum atomic E-state index is 11.5. The van der Waals surface area contributed by atoms with Crippen molar-refractivity contribution in [3.05, 3.63) is 0 Å². The SMILES string of the molecule is CC1(C)CCCN(S(C)(=O)=O)C1C(=O)O. The lowest BCUT2D eigenvalue weighted by molar-refractivity contribution is -0.147. The summed E-state index contributed by atoms with van der Waals surface area (Å²) in [6.45, 7) is 3.89. The summed E-state index contributed by atoms with van der Waals surface area (Å²) in [5.41, 5.74) is -0.507. The molecule has 1 aliphatic rings. The van der Waals surface area contributed by atoms with Crippen molar-refractivity contribution in [2.24, 2.45) is 5.41 Å². The van der Waals surface area contributed by atoms with Crippen LogP contribution in [-0.2, 0) is 14.8 Å². The molecule has 0 saturated carbocycles. The van der Waals surface area contributed by atoms with E-state index < -0.39 is 27.4 Å². The van der Waals surface area contributed by atoms with Crippen molar-refractivity contribution in [2.75, 3.05) is 12.8 Å². The molecular weight excluding hydrogens is 218 g/mol. The van der Waals surface area contributed by atoms with E-state index in [9.17, 15) is 13.2 Å². The van der Waals surface area contributed by atoms with Gasteiger partial charge in [-0.05, 0) is 18.3 Å². The predicted molar refractivity (Wildman–Crippen MR) is 56.0 cm³/mol. The Morgan fingerprint density at radius 1 is 1.47 bits per heavy atom. The molecule has 1 unspecified atom stereocenters. The molecule has 15 heavy (non-hydrogen) atoms. The van der Waals surface area contributed by atoms with Crippen molar-refractivity contribution in [3.63, 3.8) is 0 Å². The quantitative estimate of drug-likeness (QED) is 0.757. The van der Waals surface area contributed by atoms with Crippen molar-refractivity contribution in [1.29, 1.82) is 0 Å². The molecular formula is C9H17NO4S. The maximum absolute atomic E-state index is 11.5. The van der Waals surface area contributed by atoms with E-state index in [-0.39, 0.29) is 0 Å². The number of rotatable bonds is 2. The normalized spacial score (nSPS) is 27.5. The minimum Gasteiger partial charge on any atom is -0.480 e. The zero-order valence-electron chi connectivity index (χ0n) is 9.23. The highest BCUT2D eigenvalue weighted by Gasteiger charge is 2.45. The number of hydrogen-bond donors (Lipinski definition) is 1. The Morgan fingerprint density at radius 2 is 2.00 bits per heavy atom. The van der Waals surface area contributed by atoms with Gasteiger partial charge in [0, 0.05) is 6.54 Å². The minimum atomic E-state index is -3.44. The van der Waals surface area contributed by atoms with Crippen LogP contribution in [0.4, 0.5) is 0 Å². The summed E-state index contributed by atoms with van der Waals surface area (Å²) < 4.78 is 24.0. The molecule has 1 heterocycles. The highest BCUT2D eigenvalue weighted by Crippen LogP contribution is 2.36. The summed E-state index contributed by atoms with van der Waals surface area (Å²) in [7, 11) is -3.44. The Morgan fingerprint density at radius 3 is 2.33 bits per heavy atom. The van der Waals surface area contributed by atoms with E-state index in [1.54, 1.807) is 13.8 Å². The van der Waals surface area contributed by atoms with Gasteiger partial charge in [0.15, 0.2) is 0 Å². The van der Waals surface area contributed by atoms with Crippen molar-refractivity contribution < 1.29 is 18.3 Å². The maximum Gasteiger partial charge on any atom is 0.322 e. The van der Waals surface area contributed by atoms with Crippen LogP contribution in [0.2, 0.25) is 0 Å². The first-order valence-corrected chi connectivity index (χ1v) is 6.71. The average molecular weight is 235 g/mol. The van der Waals surface area contributed by atoms with Gasteiger partial charge in [0.1, 0.15) is 6.04 Å². The van der Waals surface area contributed by atoms with Crippen LogP contribution >= 0.6 is 0 Å². The molecule has 88 valence electrons. The van der Waals surface area contributed by atoms with Crippen molar-refractivity contribution in [2.45, 2.75) is 32.7 Å². The minimum absolute atomic E-state index is 0.305. The van der Waals surface area contributed by atoms with Gasteiger partial charge < -0.3 is 5.11 Å². The summed E-state index contributed by atoms with van der Waals surface area (Å²) >= 11 is 0. The van der Waals surface area contributed by atoms with E-state index in [1.807, 2.05) is 0 Å². The van der Waals surface area contributed by atoms with Gasteiger partial charge >= 0.3 is 5.97 Å². The van der Waals surface area contributed by atoms with Gasteiger partial charge in [-0.25, -0.2) is 8.42 Å². The number of carboxylic acid groups (broad SMARTS) is 1. The molecule has 1 saturated heterocycles. The lowest BCUT2D eigenvalue weighted by Gasteiger charge is -2.42. The fraction of sp³-hybridized carbons (Fsp3) is 0.889. The van der Waals surface area contributed by atoms with Crippen molar-refractivity contribution in [3.8, 4) is 0 Å². The Labute approximate surface area is 90.1 Å². The molecule has 0 aromatic carbocycles. The summed E-state index contributed by atoms with van der Waals surface area (Å²) in [5.74, 6) is -1.06. The molecule has 0 bridgehead atoms. The molecule has 0 radical (unpaired) electrons. The smallest absolute Gasteiger partial charge is 0.322 e. The van der Waals surface area contributed by atoms with Gasteiger partial charge in [0.25, 0.3) is 0 Å². The number of piperidine rings is 1. The lowest BCUT2D eigenvalue weighted by atomic mass is 9.77. The van der Waals surface area contributed by atoms with E-state index >= 15 is 0 Å². The lowest BCUT2D eigenvalue weighted by Crippen LogP contribution is -2.55.